The lowest BCUT2D eigenvalue weighted by Crippen LogP contribution is -2.33. The maximum Gasteiger partial charge on any atom is 0.418 e. The van der Waals surface area contributed by atoms with Gasteiger partial charge in [-0.15, -0.1) is 11.3 Å². The number of thiazole rings is 1. The summed E-state index contributed by atoms with van der Waals surface area (Å²) in [7, 11) is 0. The SMILES string of the molecule is Cc1ncc(C(=O)CC2(C(=O)NCc3ccc(Nc4ccc(F)cc4C(F)(F)F)cn3)CC2)s1. The summed E-state index contributed by atoms with van der Waals surface area (Å²) in [5.41, 5.74) is -1.37. The predicted octanol–water partition coefficient (Wildman–Crippen LogP) is 5.42. The fraction of sp³-hybridized carbons (Fsp3) is 0.304. The normalized spacial score (nSPS) is 14.5. The number of ketones is 1. The summed E-state index contributed by atoms with van der Waals surface area (Å²) >= 11 is 1.30. The minimum absolute atomic E-state index is 0.106. The zero-order chi connectivity index (χ0) is 24.5. The number of nitrogens with one attached hydrogen (secondary N) is 2. The maximum absolute atomic E-state index is 13.3. The molecule has 0 aliphatic heterocycles. The van der Waals surface area contributed by atoms with Crippen molar-refractivity contribution in [1.82, 2.24) is 15.3 Å². The number of anilines is 2. The smallest absolute Gasteiger partial charge is 0.354 e. The first-order chi connectivity index (χ1) is 16.1. The summed E-state index contributed by atoms with van der Waals surface area (Å²) in [5, 5.41) is 6.17. The van der Waals surface area contributed by atoms with E-state index in [1.165, 1.54) is 29.8 Å². The summed E-state index contributed by atoms with van der Waals surface area (Å²) in [6.07, 6.45) is -0.500. The highest BCUT2D eigenvalue weighted by molar-refractivity contribution is 7.13. The molecular formula is C23H20F4N4O2S. The van der Waals surface area contributed by atoms with Crippen LogP contribution in [0.15, 0.2) is 42.7 Å². The number of carbonyl (C=O) groups excluding carboxylic acids is 2. The maximum atomic E-state index is 13.3. The molecule has 0 unspecified atom stereocenters. The van der Waals surface area contributed by atoms with Crippen LogP contribution in [0, 0.1) is 18.2 Å². The van der Waals surface area contributed by atoms with Crippen LogP contribution >= 0.6 is 11.3 Å². The van der Waals surface area contributed by atoms with Crippen LogP contribution in [0.2, 0.25) is 0 Å². The van der Waals surface area contributed by atoms with Gasteiger partial charge < -0.3 is 10.6 Å². The molecule has 0 bridgehead atoms. The molecule has 1 aliphatic carbocycles. The number of nitrogens with zero attached hydrogens (tertiary/aromatic N) is 2. The molecule has 1 fully saturated rings. The van der Waals surface area contributed by atoms with Gasteiger partial charge in [0.1, 0.15) is 5.82 Å². The number of pyridine rings is 1. The van der Waals surface area contributed by atoms with Crippen molar-refractivity contribution in [1.29, 1.82) is 0 Å². The number of halogens is 4. The summed E-state index contributed by atoms with van der Waals surface area (Å²) in [5.74, 6) is -1.32. The van der Waals surface area contributed by atoms with Crippen LogP contribution in [-0.2, 0) is 17.5 Å². The number of aryl methyl sites for hydroxylation is 1. The van der Waals surface area contributed by atoms with Gasteiger partial charge in [0.25, 0.3) is 0 Å². The number of alkyl halides is 3. The first-order valence-electron chi connectivity index (χ1n) is 10.4. The van der Waals surface area contributed by atoms with Crippen molar-refractivity contribution < 1.29 is 27.2 Å². The molecule has 3 aromatic rings. The summed E-state index contributed by atoms with van der Waals surface area (Å²) < 4.78 is 52.8. The van der Waals surface area contributed by atoms with E-state index < -0.39 is 23.0 Å². The quantitative estimate of drug-likeness (QED) is 0.324. The van der Waals surface area contributed by atoms with Crippen LogP contribution in [0.4, 0.5) is 28.9 Å². The molecule has 0 atom stereocenters. The lowest BCUT2D eigenvalue weighted by Gasteiger charge is -2.15. The third-order valence-electron chi connectivity index (χ3n) is 5.55. The zero-order valence-electron chi connectivity index (χ0n) is 18.0. The lowest BCUT2D eigenvalue weighted by molar-refractivity contribution is -0.137. The molecule has 1 saturated carbocycles. The van der Waals surface area contributed by atoms with Gasteiger partial charge in [-0.05, 0) is 50.1 Å². The van der Waals surface area contributed by atoms with Crippen LogP contribution < -0.4 is 10.6 Å². The Morgan fingerprint density at radius 1 is 1.12 bits per heavy atom. The second-order valence-corrected chi connectivity index (χ2v) is 9.39. The second-order valence-electron chi connectivity index (χ2n) is 8.16. The second kappa shape index (κ2) is 9.13. The number of carbonyl (C=O) groups is 2. The summed E-state index contributed by atoms with van der Waals surface area (Å²) in [4.78, 5) is 33.9. The molecular weight excluding hydrogens is 472 g/mol. The highest BCUT2D eigenvalue weighted by Gasteiger charge is 2.51. The predicted molar refractivity (Wildman–Crippen MR) is 118 cm³/mol. The summed E-state index contributed by atoms with van der Waals surface area (Å²) in [6.45, 7) is 1.92. The Balaban J connectivity index is 1.35. The van der Waals surface area contributed by atoms with Crippen LogP contribution in [0.25, 0.3) is 0 Å². The highest BCUT2D eigenvalue weighted by atomic mass is 32.1. The Morgan fingerprint density at radius 3 is 2.47 bits per heavy atom. The molecule has 2 heterocycles. The van der Waals surface area contributed by atoms with E-state index in [-0.39, 0.29) is 36.0 Å². The number of benzene rings is 1. The van der Waals surface area contributed by atoms with Gasteiger partial charge in [-0.1, -0.05) is 0 Å². The Morgan fingerprint density at radius 2 is 1.88 bits per heavy atom. The van der Waals surface area contributed by atoms with Crippen molar-refractivity contribution in [3.8, 4) is 0 Å². The van der Waals surface area contributed by atoms with Crippen molar-refractivity contribution in [3.63, 3.8) is 0 Å². The fourth-order valence-electron chi connectivity index (χ4n) is 3.50. The van der Waals surface area contributed by atoms with Crippen molar-refractivity contribution in [2.45, 2.75) is 38.9 Å². The van der Waals surface area contributed by atoms with Gasteiger partial charge in [-0.3, -0.25) is 14.6 Å². The van der Waals surface area contributed by atoms with Gasteiger partial charge in [0.15, 0.2) is 5.78 Å². The Kier molecular flexibility index (Phi) is 6.39. The largest absolute Gasteiger partial charge is 0.418 e. The number of hydrogen-bond donors (Lipinski definition) is 2. The first kappa shape index (κ1) is 23.8. The number of amides is 1. The Labute approximate surface area is 196 Å². The topological polar surface area (TPSA) is 84.0 Å². The number of Topliss-reactive ketones (excluding diaryl/α,β-unsaturated/α-hetero) is 1. The van der Waals surface area contributed by atoms with Crippen molar-refractivity contribution in [3.05, 3.63) is 69.7 Å². The third-order valence-corrected chi connectivity index (χ3v) is 6.50. The van der Waals surface area contributed by atoms with Gasteiger partial charge in [0.05, 0.1) is 50.7 Å². The van der Waals surface area contributed by atoms with Gasteiger partial charge >= 0.3 is 6.18 Å². The minimum Gasteiger partial charge on any atom is -0.354 e. The fourth-order valence-corrected chi connectivity index (χ4v) is 4.21. The minimum atomic E-state index is -4.72. The molecule has 1 aromatic carbocycles. The molecule has 34 heavy (non-hydrogen) atoms. The van der Waals surface area contributed by atoms with Gasteiger partial charge in [-0.2, -0.15) is 13.2 Å². The molecule has 6 nitrogen and oxygen atoms in total. The number of aromatic nitrogens is 2. The van der Waals surface area contributed by atoms with E-state index in [0.717, 1.165) is 17.1 Å². The molecule has 1 aliphatic rings. The van der Waals surface area contributed by atoms with Gasteiger partial charge in [0, 0.05) is 12.6 Å². The van der Waals surface area contributed by atoms with Crippen LogP contribution in [0.5, 0.6) is 0 Å². The van der Waals surface area contributed by atoms with E-state index in [1.54, 1.807) is 6.07 Å². The zero-order valence-corrected chi connectivity index (χ0v) is 18.8. The molecule has 0 saturated heterocycles. The lowest BCUT2D eigenvalue weighted by atomic mass is 9.98. The number of rotatable bonds is 8. The van der Waals surface area contributed by atoms with E-state index in [0.29, 0.717) is 29.5 Å². The monoisotopic (exact) mass is 492 g/mol. The van der Waals surface area contributed by atoms with Crippen molar-refractivity contribution in [2.24, 2.45) is 5.41 Å². The van der Waals surface area contributed by atoms with E-state index in [9.17, 15) is 27.2 Å². The highest BCUT2D eigenvalue weighted by Crippen LogP contribution is 2.50. The third kappa shape index (κ3) is 5.41. The average Bonchev–Trinajstić information content (AvgIpc) is 3.44. The van der Waals surface area contributed by atoms with Crippen molar-refractivity contribution in [2.75, 3.05) is 5.32 Å². The molecule has 1 amide bonds. The van der Waals surface area contributed by atoms with Gasteiger partial charge in [0.2, 0.25) is 5.91 Å². The van der Waals surface area contributed by atoms with Gasteiger partial charge in [-0.25, -0.2) is 9.37 Å². The van der Waals surface area contributed by atoms with E-state index >= 15 is 0 Å². The molecule has 0 radical (unpaired) electrons. The molecule has 11 heteroatoms. The Bertz CT molecular complexity index is 1220. The van der Waals surface area contributed by atoms with E-state index in [4.69, 9.17) is 0 Å². The van der Waals surface area contributed by atoms with Crippen molar-refractivity contribution >= 4 is 34.4 Å². The molecule has 2 aromatic heterocycles. The van der Waals surface area contributed by atoms with E-state index in [1.807, 2.05) is 6.92 Å². The molecule has 4 rings (SSSR count). The Hall–Kier alpha value is -3.34. The standard InChI is InChI=1S/C23H20F4N4O2S/c1-13-28-12-20(34-13)19(32)9-22(6-7-22)21(33)30-10-15-3-4-16(11-29-15)31-18-5-2-14(24)8-17(18)23(25,26)27/h2-5,8,11-12,31H,6-7,9-10H2,1H3,(H,30,33). The van der Waals surface area contributed by atoms with E-state index in [2.05, 4.69) is 20.6 Å². The number of hydrogen-bond acceptors (Lipinski definition) is 6. The van der Waals surface area contributed by atoms with Crippen LogP contribution in [0.3, 0.4) is 0 Å². The van der Waals surface area contributed by atoms with Crippen LogP contribution in [-0.4, -0.2) is 21.7 Å². The summed E-state index contributed by atoms with van der Waals surface area (Å²) in [6, 6.07) is 5.44. The first-order valence-corrected chi connectivity index (χ1v) is 11.2. The molecule has 178 valence electrons. The molecule has 0 spiro atoms. The average molecular weight is 492 g/mol. The van der Waals surface area contributed by atoms with Crippen LogP contribution in [0.1, 0.15) is 45.2 Å². The molecule has 2 N–H and O–H groups in total.